The summed E-state index contributed by atoms with van der Waals surface area (Å²) in [7, 11) is 0. The first-order chi connectivity index (χ1) is 12.6. The molecule has 150 valence electrons. The number of allylic oxidation sites excluding steroid dienone is 1. The number of ketones is 1. The second-order valence-corrected chi connectivity index (χ2v) is 10.1. The van der Waals surface area contributed by atoms with Gasteiger partial charge in [0.2, 0.25) is 0 Å². The third kappa shape index (κ3) is 2.58. The Morgan fingerprint density at radius 2 is 1.78 bits per heavy atom. The number of esters is 1. The molecule has 0 radical (unpaired) electrons. The van der Waals surface area contributed by atoms with Crippen LogP contribution < -0.4 is 0 Å². The molecule has 4 rings (SSSR count). The maximum absolute atomic E-state index is 12.3. The maximum atomic E-state index is 12.3. The highest BCUT2D eigenvalue weighted by Gasteiger charge is 2.65. The summed E-state index contributed by atoms with van der Waals surface area (Å²) < 4.78 is 5.51. The molecule has 4 aliphatic carbocycles. The minimum atomic E-state index is -1.14. The van der Waals surface area contributed by atoms with E-state index in [0.29, 0.717) is 24.2 Å². The van der Waals surface area contributed by atoms with Crippen LogP contribution in [-0.4, -0.2) is 28.6 Å². The van der Waals surface area contributed by atoms with Gasteiger partial charge in [-0.2, -0.15) is 0 Å². The molecule has 0 saturated heterocycles. The molecule has 3 fully saturated rings. The summed E-state index contributed by atoms with van der Waals surface area (Å²) in [5.74, 6) is 1.36. The van der Waals surface area contributed by atoms with Gasteiger partial charge in [-0.25, -0.2) is 0 Å². The standard InChI is InChI=1S/C23H34O4/c1-14(24)23(26)12-9-20-18-6-5-16-13-17(27-15(2)25)7-10-21(16,3)19(18)8-11-22(20,23)4/h5,17-20,26H,6-13H2,1-4H3/t17-,18+,19-,20+,21+,22+,23+/m1/s1. The lowest BCUT2D eigenvalue weighted by molar-refractivity contribution is -0.160. The van der Waals surface area contributed by atoms with Gasteiger partial charge < -0.3 is 9.84 Å². The number of hydrogen-bond acceptors (Lipinski definition) is 4. The Bertz CT molecular complexity index is 696. The van der Waals surface area contributed by atoms with E-state index in [2.05, 4.69) is 19.9 Å². The van der Waals surface area contributed by atoms with Gasteiger partial charge in [-0.05, 0) is 75.0 Å². The van der Waals surface area contributed by atoms with Gasteiger partial charge in [0.25, 0.3) is 0 Å². The van der Waals surface area contributed by atoms with E-state index in [-0.39, 0.29) is 28.7 Å². The molecular weight excluding hydrogens is 340 g/mol. The van der Waals surface area contributed by atoms with Crippen LogP contribution in [0.2, 0.25) is 0 Å². The number of hydrogen-bond donors (Lipinski definition) is 1. The van der Waals surface area contributed by atoms with Crippen molar-refractivity contribution in [2.45, 2.75) is 90.8 Å². The fraction of sp³-hybridized carbons (Fsp3) is 0.826. The predicted molar refractivity (Wildman–Crippen MR) is 103 cm³/mol. The van der Waals surface area contributed by atoms with E-state index in [1.807, 2.05) is 0 Å². The topological polar surface area (TPSA) is 63.6 Å². The Morgan fingerprint density at radius 1 is 1.07 bits per heavy atom. The van der Waals surface area contributed by atoms with Gasteiger partial charge in [0.15, 0.2) is 5.78 Å². The molecule has 0 aliphatic heterocycles. The third-order valence-corrected chi connectivity index (χ3v) is 9.13. The molecule has 0 aromatic rings. The molecule has 4 heteroatoms. The van der Waals surface area contributed by atoms with Gasteiger partial charge in [0, 0.05) is 18.8 Å². The quantitative estimate of drug-likeness (QED) is 0.581. The lowest BCUT2D eigenvalue weighted by Gasteiger charge is -2.58. The monoisotopic (exact) mass is 374 g/mol. The number of carbonyl (C=O) groups excluding carboxylic acids is 2. The minimum absolute atomic E-state index is 0.0292. The SMILES string of the molecule is CC(=O)O[C@@H]1CC[C@@]2(C)C(=CC[C@H]3[C@H]2CC[C@@]2(C)[C@H]3CC[C@]2(O)C(C)=O)C1. The lowest BCUT2D eigenvalue weighted by atomic mass is 9.47. The molecule has 27 heavy (non-hydrogen) atoms. The lowest BCUT2D eigenvalue weighted by Crippen LogP contribution is -2.57. The maximum Gasteiger partial charge on any atom is 0.302 e. The number of fused-ring (bicyclic) bond motifs is 5. The van der Waals surface area contributed by atoms with Crippen LogP contribution >= 0.6 is 0 Å². The van der Waals surface area contributed by atoms with E-state index in [0.717, 1.165) is 44.9 Å². The van der Waals surface area contributed by atoms with Gasteiger partial charge in [-0.1, -0.05) is 25.5 Å². The first-order valence-electron chi connectivity index (χ1n) is 10.7. The Balaban J connectivity index is 1.61. The number of aliphatic hydroxyl groups is 1. The van der Waals surface area contributed by atoms with E-state index >= 15 is 0 Å². The van der Waals surface area contributed by atoms with Crippen molar-refractivity contribution in [3.8, 4) is 0 Å². The van der Waals surface area contributed by atoms with Crippen LogP contribution in [0, 0.1) is 28.6 Å². The summed E-state index contributed by atoms with van der Waals surface area (Å²) in [6.07, 6.45) is 9.96. The Labute approximate surface area is 162 Å². The molecule has 4 nitrogen and oxygen atoms in total. The molecule has 0 aromatic heterocycles. The highest BCUT2D eigenvalue weighted by atomic mass is 16.5. The van der Waals surface area contributed by atoms with Crippen LogP contribution in [0.3, 0.4) is 0 Å². The van der Waals surface area contributed by atoms with Crippen LogP contribution in [0.15, 0.2) is 11.6 Å². The normalized spacial score (nSPS) is 48.7. The van der Waals surface area contributed by atoms with Crippen molar-refractivity contribution < 1.29 is 19.4 Å². The van der Waals surface area contributed by atoms with Gasteiger partial charge in [-0.3, -0.25) is 9.59 Å². The Kier molecular flexibility index (Phi) is 4.38. The van der Waals surface area contributed by atoms with Crippen LogP contribution in [0.25, 0.3) is 0 Å². The van der Waals surface area contributed by atoms with Crippen molar-refractivity contribution in [2.75, 3.05) is 0 Å². The largest absolute Gasteiger partial charge is 0.462 e. The van der Waals surface area contributed by atoms with Crippen LogP contribution in [-0.2, 0) is 14.3 Å². The van der Waals surface area contributed by atoms with Gasteiger partial charge in [0.1, 0.15) is 11.7 Å². The van der Waals surface area contributed by atoms with Crippen molar-refractivity contribution in [1.82, 2.24) is 0 Å². The van der Waals surface area contributed by atoms with Crippen LogP contribution in [0.5, 0.6) is 0 Å². The summed E-state index contributed by atoms with van der Waals surface area (Å²) >= 11 is 0. The highest BCUT2D eigenvalue weighted by molar-refractivity contribution is 5.86. The molecular formula is C23H34O4. The van der Waals surface area contributed by atoms with Crippen molar-refractivity contribution >= 4 is 11.8 Å². The highest BCUT2D eigenvalue weighted by Crippen LogP contribution is 2.67. The van der Waals surface area contributed by atoms with Crippen LogP contribution in [0.4, 0.5) is 0 Å². The summed E-state index contributed by atoms with van der Waals surface area (Å²) in [6.45, 7) is 7.64. The average Bonchev–Trinajstić information content (AvgIpc) is 2.87. The van der Waals surface area contributed by atoms with Crippen molar-refractivity contribution in [3.63, 3.8) is 0 Å². The third-order valence-electron chi connectivity index (χ3n) is 9.13. The molecule has 1 N–H and O–H groups in total. The smallest absolute Gasteiger partial charge is 0.302 e. The zero-order valence-electron chi connectivity index (χ0n) is 17.2. The van der Waals surface area contributed by atoms with Gasteiger partial charge >= 0.3 is 5.97 Å². The summed E-state index contributed by atoms with van der Waals surface area (Å²) in [5.41, 5.74) is 0.235. The molecule has 4 aliphatic rings. The first-order valence-corrected chi connectivity index (χ1v) is 10.7. The van der Waals surface area contributed by atoms with Crippen molar-refractivity contribution in [3.05, 3.63) is 11.6 Å². The Morgan fingerprint density at radius 3 is 2.44 bits per heavy atom. The number of carbonyl (C=O) groups is 2. The second kappa shape index (κ2) is 6.17. The molecule has 3 saturated carbocycles. The number of Topliss-reactive ketones (excluding diaryl/α,β-unsaturated/α-hetero) is 1. The van der Waals surface area contributed by atoms with Gasteiger partial charge in [-0.15, -0.1) is 0 Å². The van der Waals surface area contributed by atoms with E-state index in [4.69, 9.17) is 4.74 Å². The average molecular weight is 375 g/mol. The first kappa shape index (κ1) is 19.2. The number of ether oxygens (including phenoxy) is 1. The number of rotatable bonds is 2. The van der Waals surface area contributed by atoms with E-state index < -0.39 is 5.60 Å². The molecule has 0 unspecified atom stereocenters. The summed E-state index contributed by atoms with van der Waals surface area (Å²) in [6, 6.07) is 0. The van der Waals surface area contributed by atoms with Crippen molar-refractivity contribution in [2.24, 2.45) is 28.6 Å². The van der Waals surface area contributed by atoms with E-state index in [9.17, 15) is 14.7 Å². The van der Waals surface area contributed by atoms with Gasteiger partial charge in [0.05, 0.1) is 0 Å². The molecule has 0 amide bonds. The molecule has 0 heterocycles. The summed E-state index contributed by atoms with van der Waals surface area (Å²) in [4.78, 5) is 23.7. The zero-order chi connectivity index (χ0) is 19.6. The zero-order valence-corrected chi connectivity index (χ0v) is 17.2. The molecule has 7 atom stereocenters. The Hall–Kier alpha value is -1.16. The van der Waals surface area contributed by atoms with Crippen molar-refractivity contribution in [1.29, 1.82) is 0 Å². The van der Waals surface area contributed by atoms with Crippen LogP contribution in [0.1, 0.15) is 79.1 Å². The molecule has 0 spiro atoms. The minimum Gasteiger partial charge on any atom is -0.462 e. The second-order valence-electron chi connectivity index (χ2n) is 10.1. The van der Waals surface area contributed by atoms with E-state index in [1.165, 1.54) is 12.5 Å². The fourth-order valence-corrected chi connectivity index (χ4v) is 7.56. The molecule has 0 aromatic carbocycles. The molecule has 0 bridgehead atoms. The fourth-order valence-electron chi connectivity index (χ4n) is 7.56. The van der Waals surface area contributed by atoms with E-state index in [1.54, 1.807) is 6.92 Å². The summed E-state index contributed by atoms with van der Waals surface area (Å²) in [5, 5.41) is 11.2. The predicted octanol–water partition coefficient (Wildman–Crippen LogP) is 4.20.